The van der Waals surface area contributed by atoms with Gasteiger partial charge >= 0.3 is 0 Å². The van der Waals surface area contributed by atoms with E-state index in [0.717, 1.165) is 22.4 Å². The van der Waals surface area contributed by atoms with E-state index < -0.39 is 0 Å². The molecule has 1 aromatic heterocycles. The highest BCUT2D eigenvalue weighted by Gasteiger charge is 2.14. The zero-order valence-electron chi connectivity index (χ0n) is 11.7. The van der Waals surface area contributed by atoms with Crippen LogP contribution in [0.15, 0.2) is 16.7 Å². The first-order valence-corrected chi connectivity index (χ1v) is 6.36. The second-order valence-electron chi connectivity index (χ2n) is 4.62. The Kier molecular flexibility index (Phi) is 3.85. The zero-order valence-corrected chi connectivity index (χ0v) is 11.7. The molecular weight excluding hydrogens is 242 g/mol. The summed E-state index contributed by atoms with van der Waals surface area (Å²) in [6.45, 7) is 8.45. The molecule has 0 fully saturated rings. The van der Waals surface area contributed by atoms with E-state index in [9.17, 15) is 0 Å². The second-order valence-corrected chi connectivity index (χ2v) is 4.62. The minimum atomic E-state index is -0.258. The smallest absolute Gasteiger partial charge is 0.243 e. The number of hydrogen-bond acceptors (Lipinski definition) is 5. The molecule has 5 nitrogen and oxygen atoms in total. The van der Waals surface area contributed by atoms with Gasteiger partial charge in [-0.25, -0.2) is 0 Å². The largest absolute Gasteiger partial charge is 0.493 e. The van der Waals surface area contributed by atoms with Gasteiger partial charge in [0.1, 0.15) is 5.75 Å². The fourth-order valence-electron chi connectivity index (χ4n) is 1.99. The van der Waals surface area contributed by atoms with E-state index in [1.807, 2.05) is 39.8 Å². The summed E-state index contributed by atoms with van der Waals surface area (Å²) in [6.07, 6.45) is 0. The molecular formula is C14H19N3O2. The van der Waals surface area contributed by atoms with Crippen molar-refractivity contribution in [1.29, 1.82) is 0 Å². The van der Waals surface area contributed by atoms with Crippen molar-refractivity contribution < 1.29 is 9.26 Å². The first kappa shape index (κ1) is 13.5. The van der Waals surface area contributed by atoms with Crippen LogP contribution >= 0.6 is 0 Å². The quantitative estimate of drug-likeness (QED) is 0.916. The first-order valence-electron chi connectivity index (χ1n) is 6.36. The molecule has 19 heavy (non-hydrogen) atoms. The van der Waals surface area contributed by atoms with E-state index in [2.05, 4.69) is 10.1 Å². The summed E-state index contributed by atoms with van der Waals surface area (Å²) in [6, 6.07) is 3.73. The maximum Gasteiger partial charge on any atom is 0.243 e. The molecule has 0 amide bonds. The van der Waals surface area contributed by atoms with Crippen LogP contribution in [-0.2, 0) is 0 Å². The number of rotatable bonds is 4. The summed E-state index contributed by atoms with van der Waals surface area (Å²) in [5.41, 5.74) is 8.74. The van der Waals surface area contributed by atoms with Crippen molar-refractivity contribution in [3.05, 3.63) is 29.2 Å². The van der Waals surface area contributed by atoms with Gasteiger partial charge in [-0.1, -0.05) is 5.16 Å². The SMILES string of the molecule is CCOc1c(C)cc(-c2noc([C@H](C)N)n2)cc1C. The van der Waals surface area contributed by atoms with E-state index in [0.29, 0.717) is 18.3 Å². The van der Waals surface area contributed by atoms with E-state index in [4.69, 9.17) is 15.0 Å². The Hall–Kier alpha value is -1.88. The predicted octanol–water partition coefficient (Wildman–Crippen LogP) is 2.77. The van der Waals surface area contributed by atoms with Crippen LogP contribution in [0.25, 0.3) is 11.4 Å². The maximum atomic E-state index is 5.71. The van der Waals surface area contributed by atoms with Gasteiger partial charge in [-0.3, -0.25) is 0 Å². The van der Waals surface area contributed by atoms with Crippen molar-refractivity contribution >= 4 is 0 Å². The van der Waals surface area contributed by atoms with Gasteiger partial charge in [-0.15, -0.1) is 0 Å². The second kappa shape index (κ2) is 5.40. The molecule has 2 aromatic rings. The van der Waals surface area contributed by atoms with E-state index >= 15 is 0 Å². The van der Waals surface area contributed by atoms with E-state index in [-0.39, 0.29) is 6.04 Å². The lowest BCUT2D eigenvalue weighted by Gasteiger charge is -2.11. The molecule has 0 unspecified atom stereocenters. The Balaban J connectivity index is 2.40. The van der Waals surface area contributed by atoms with E-state index in [1.165, 1.54) is 0 Å². The molecule has 0 radical (unpaired) electrons. The average Bonchev–Trinajstić information content (AvgIpc) is 2.83. The number of aryl methyl sites for hydroxylation is 2. The highest BCUT2D eigenvalue weighted by atomic mass is 16.5. The van der Waals surface area contributed by atoms with Crippen LogP contribution in [0.1, 0.15) is 36.9 Å². The number of nitrogens with zero attached hydrogens (tertiary/aromatic N) is 2. The minimum absolute atomic E-state index is 0.258. The summed E-state index contributed by atoms with van der Waals surface area (Å²) in [4.78, 5) is 4.29. The molecule has 0 saturated carbocycles. The fourth-order valence-corrected chi connectivity index (χ4v) is 1.99. The summed E-state index contributed by atoms with van der Waals surface area (Å²) in [5.74, 6) is 1.92. The molecule has 0 aliphatic carbocycles. The van der Waals surface area contributed by atoms with Crippen molar-refractivity contribution in [3.8, 4) is 17.1 Å². The zero-order chi connectivity index (χ0) is 14.0. The van der Waals surface area contributed by atoms with E-state index in [1.54, 1.807) is 0 Å². The molecule has 102 valence electrons. The van der Waals surface area contributed by atoms with Crippen LogP contribution in [0.3, 0.4) is 0 Å². The summed E-state index contributed by atoms with van der Waals surface area (Å²) in [5, 5.41) is 3.96. The monoisotopic (exact) mass is 261 g/mol. The van der Waals surface area contributed by atoms with Gasteiger partial charge in [0.25, 0.3) is 0 Å². The molecule has 1 atom stereocenters. The molecule has 0 spiro atoms. The molecule has 5 heteroatoms. The van der Waals surface area contributed by atoms with Gasteiger partial charge in [0, 0.05) is 5.56 Å². The number of benzene rings is 1. The van der Waals surface area contributed by atoms with Crippen LogP contribution in [-0.4, -0.2) is 16.7 Å². The van der Waals surface area contributed by atoms with Crippen LogP contribution in [0.4, 0.5) is 0 Å². The Labute approximate surface area is 112 Å². The predicted molar refractivity (Wildman–Crippen MR) is 73.0 cm³/mol. The minimum Gasteiger partial charge on any atom is -0.493 e. The van der Waals surface area contributed by atoms with Gasteiger partial charge in [0.05, 0.1) is 12.6 Å². The lowest BCUT2D eigenvalue weighted by atomic mass is 10.1. The first-order chi connectivity index (χ1) is 9.02. The van der Waals surface area contributed by atoms with Crippen LogP contribution in [0.5, 0.6) is 5.75 Å². The van der Waals surface area contributed by atoms with Gasteiger partial charge in [0.15, 0.2) is 0 Å². The highest BCUT2D eigenvalue weighted by Crippen LogP contribution is 2.29. The average molecular weight is 261 g/mol. The third kappa shape index (κ3) is 2.76. The molecule has 0 saturated heterocycles. The third-order valence-corrected chi connectivity index (χ3v) is 2.84. The molecule has 1 heterocycles. The van der Waals surface area contributed by atoms with Gasteiger partial charge < -0.3 is 15.0 Å². The Morgan fingerprint density at radius 2 is 1.95 bits per heavy atom. The number of aromatic nitrogens is 2. The van der Waals surface area contributed by atoms with Gasteiger partial charge in [-0.2, -0.15) is 4.98 Å². The molecule has 2 rings (SSSR count). The third-order valence-electron chi connectivity index (χ3n) is 2.84. The summed E-state index contributed by atoms with van der Waals surface area (Å²) < 4.78 is 10.7. The Bertz CT molecular complexity index is 553. The fraction of sp³-hybridized carbons (Fsp3) is 0.429. The van der Waals surface area contributed by atoms with Crippen LogP contribution in [0, 0.1) is 13.8 Å². The highest BCUT2D eigenvalue weighted by molar-refractivity contribution is 5.61. The van der Waals surface area contributed by atoms with Crippen LogP contribution in [0.2, 0.25) is 0 Å². The summed E-state index contributed by atoms with van der Waals surface area (Å²) in [7, 11) is 0. The molecule has 0 aliphatic heterocycles. The number of ether oxygens (including phenoxy) is 1. The lowest BCUT2D eigenvalue weighted by Crippen LogP contribution is -2.04. The number of hydrogen-bond donors (Lipinski definition) is 1. The van der Waals surface area contributed by atoms with Crippen molar-refractivity contribution in [2.75, 3.05) is 6.61 Å². The van der Waals surface area contributed by atoms with Crippen LogP contribution < -0.4 is 10.5 Å². The standard InChI is InChI=1S/C14H19N3O2/c1-5-18-12-8(2)6-11(7-9(12)3)13-16-14(10(4)15)19-17-13/h6-7,10H,5,15H2,1-4H3/t10-/m0/s1. The normalized spacial score (nSPS) is 12.5. The Morgan fingerprint density at radius 1 is 1.32 bits per heavy atom. The van der Waals surface area contributed by atoms with Gasteiger partial charge in [0.2, 0.25) is 11.7 Å². The van der Waals surface area contributed by atoms with Gasteiger partial charge in [-0.05, 0) is 51.0 Å². The topological polar surface area (TPSA) is 74.2 Å². The number of nitrogens with two attached hydrogens (primary N) is 1. The maximum absolute atomic E-state index is 5.71. The van der Waals surface area contributed by atoms with Crippen molar-refractivity contribution in [3.63, 3.8) is 0 Å². The molecule has 2 N–H and O–H groups in total. The van der Waals surface area contributed by atoms with Crippen molar-refractivity contribution in [2.24, 2.45) is 5.73 Å². The molecule has 0 bridgehead atoms. The molecule has 0 aliphatic rings. The lowest BCUT2D eigenvalue weighted by molar-refractivity contribution is 0.335. The Morgan fingerprint density at radius 3 is 2.42 bits per heavy atom. The summed E-state index contributed by atoms with van der Waals surface area (Å²) >= 11 is 0. The van der Waals surface area contributed by atoms with Crippen molar-refractivity contribution in [1.82, 2.24) is 10.1 Å². The van der Waals surface area contributed by atoms with Crippen molar-refractivity contribution in [2.45, 2.75) is 33.7 Å². The molecule has 1 aromatic carbocycles.